The van der Waals surface area contributed by atoms with Crippen molar-refractivity contribution in [3.05, 3.63) is 114 Å². The fraction of sp³-hybridized carbons (Fsp3) is 0.0303. The lowest BCUT2D eigenvalue weighted by atomic mass is 10.0. The molecule has 1 amide bonds. The molecule has 0 heterocycles. The van der Waals surface area contributed by atoms with Crippen LogP contribution in [0.5, 0.6) is 0 Å². The van der Waals surface area contributed by atoms with Crippen molar-refractivity contribution in [2.75, 3.05) is 16.9 Å². The number of aryl methyl sites for hydroxylation is 1. The summed E-state index contributed by atoms with van der Waals surface area (Å²) in [6.45, 7) is 1.81. The number of azo groups is 2. The molecule has 14 heteroatoms. The minimum absolute atomic E-state index is 0.220. The summed E-state index contributed by atoms with van der Waals surface area (Å²) >= 11 is 1.54. The highest BCUT2D eigenvalue weighted by molar-refractivity contribution is 7.99. The second-order valence-corrected chi connectivity index (χ2v) is 11.2. The maximum absolute atomic E-state index is 11.6. The van der Waals surface area contributed by atoms with E-state index in [0.717, 1.165) is 9.79 Å². The van der Waals surface area contributed by atoms with E-state index in [1.807, 2.05) is 55.5 Å². The number of nitrogen functional groups attached to an aromatic ring is 2. The number of hydrogen-bond acceptors (Lipinski definition) is 12. The van der Waals surface area contributed by atoms with Gasteiger partial charge in [0.05, 0.1) is 34.1 Å². The summed E-state index contributed by atoms with van der Waals surface area (Å²) in [5.74, 6) is -2.41. The number of nitrogens with zero attached hydrogens (tertiary/aromatic N) is 5. The third kappa shape index (κ3) is 8.01. The number of nitrogens with one attached hydrogen (secondary N) is 1. The van der Waals surface area contributed by atoms with Gasteiger partial charge in [0, 0.05) is 15.4 Å². The standard InChI is InChI=1S/C33H27N9O4S/c1-18-16-27(30(35)31(29(18)34)42-39-20-4-2-19(3-5-20)32(36)44)41-38-22-8-13-25(14-9-22)47-24-11-6-21(7-12-24)37-40-23-10-15-28(43)26(17-23)33(45)46/h2-17,37H,34-35H2,1H3,(H2,36,44)(H,45,46). The first-order valence-corrected chi connectivity index (χ1v) is 14.7. The number of carbonyl (C=O) groups excluding carboxylic acids is 2. The van der Waals surface area contributed by atoms with Crippen LogP contribution < -0.4 is 22.6 Å². The van der Waals surface area contributed by atoms with Gasteiger partial charge in [0.15, 0.2) is 5.78 Å². The van der Waals surface area contributed by atoms with Gasteiger partial charge in [-0.25, -0.2) is 4.79 Å². The summed E-state index contributed by atoms with van der Waals surface area (Å²) in [5.41, 5.74) is 24.8. The highest BCUT2D eigenvalue weighted by atomic mass is 32.2. The third-order valence-electron chi connectivity index (χ3n) is 6.69. The number of aliphatic carboxylic acids is 1. The highest BCUT2D eigenvalue weighted by Gasteiger charge is 2.18. The molecule has 13 nitrogen and oxygen atoms in total. The normalized spacial score (nSPS) is 13.8. The Bertz CT molecular complexity index is 2020. The molecule has 1 aliphatic rings. The van der Waals surface area contributed by atoms with E-state index in [9.17, 15) is 14.4 Å². The molecule has 0 radical (unpaired) electrons. The maximum Gasteiger partial charge on any atom is 0.339 e. The van der Waals surface area contributed by atoms with Gasteiger partial charge in [-0.15, -0.1) is 10.2 Å². The molecule has 8 N–H and O–H groups in total. The van der Waals surface area contributed by atoms with Gasteiger partial charge in [0.25, 0.3) is 0 Å². The Kier molecular flexibility index (Phi) is 9.62. The van der Waals surface area contributed by atoms with E-state index in [2.05, 4.69) is 31.0 Å². The van der Waals surface area contributed by atoms with E-state index < -0.39 is 17.7 Å². The van der Waals surface area contributed by atoms with Crippen molar-refractivity contribution in [1.29, 1.82) is 0 Å². The van der Waals surface area contributed by atoms with E-state index >= 15 is 0 Å². The summed E-state index contributed by atoms with van der Waals surface area (Å²) in [5, 5.41) is 30.4. The fourth-order valence-corrected chi connectivity index (χ4v) is 4.93. The smallest absolute Gasteiger partial charge is 0.339 e. The lowest BCUT2D eigenvalue weighted by Crippen LogP contribution is -2.15. The van der Waals surface area contributed by atoms with Gasteiger partial charge in [0.1, 0.15) is 16.9 Å². The monoisotopic (exact) mass is 645 g/mol. The SMILES string of the molecule is Cc1cc(N=Nc2ccc(Sc3ccc(NN=C4C=CC(=O)C(C(=O)O)=C4)cc3)cc2)c(N)c(N=Nc2ccc(C(N)=O)cc2)c1N. The van der Waals surface area contributed by atoms with Crippen LogP contribution in [-0.2, 0) is 9.59 Å². The molecule has 4 aromatic rings. The van der Waals surface area contributed by atoms with Gasteiger partial charge < -0.3 is 22.3 Å². The number of nitrogens with two attached hydrogens (primary N) is 3. The molecule has 47 heavy (non-hydrogen) atoms. The number of rotatable bonds is 10. The number of carbonyl (C=O) groups is 3. The summed E-state index contributed by atoms with van der Waals surface area (Å²) in [4.78, 5) is 36.0. The topological polar surface area (TPSA) is 223 Å². The second kappa shape index (κ2) is 14.1. The molecule has 0 saturated carbocycles. The number of benzene rings is 4. The Morgan fingerprint density at radius 3 is 2.00 bits per heavy atom. The van der Waals surface area contributed by atoms with Crippen molar-refractivity contribution in [2.24, 2.45) is 31.3 Å². The van der Waals surface area contributed by atoms with Crippen LogP contribution in [0, 0.1) is 6.92 Å². The van der Waals surface area contributed by atoms with Crippen LogP contribution in [0.3, 0.4) is 0 Å². The van der Waals surface area contributed by atoms with Crippen molar-refractivity contribution in [3.63, 3.8) is 0 Å². The van der Waals surface area contributed by atoms with E-state index in [-0.39, 0.29) is 16.9 Å². The van der Waals surface area contributed by atoms with Gasteiger partial charge in [-0.05, 0) is 110 Å². The van der Waals surface area contributed by atoms with Crippen molar-refractivity contribution < 1.29 is 19.5 Å². The molecule has 0 fully saturated rings. The van der Waals surface area contributed by atoms with Crippen LogP contribution in [0.4, 0.5) is 39.8 Å². The molecule has 0 bridgehead atoms. The molecule has 0 atom stereocenters. The molecule has 0 saturated heterocycles. The minimum atomic E-state index is -1.30. The highest BCUT2D eigenvalue weighted by Crippen LogP contribution is 2.41. The Hall–Kier alpha value is -6.41. The lowest BCUT2D eigenvalue weighted by Gasteiger charge is -2.09. The number of carboxylic acids is 1. The minimum Gasteiger partial charge on any atom is -0.478 e. The van der Waals surface area contributed by atoms with Crippen molar-refractivity contribution >= 4 is 74.9 Å². The number of hydrogen-bond donors (Lipinski definition) is 5. The quantitative estimate of drug-likeness (QED) is 0.0390. The molecule has 4 aromatic carbocycles. The lowest BCUT2D eigenvalue weighted by molar-refractivity contribution is -0.134. The average molecular weight is 646 g/mol. The number of hydrazone groups is 1. The molecule has 234 valence electrons. The number of allylic oxidation sites excluding steroid dienone is 3. The van der Waals surface area contributed by atoms with E-state index in [0.29, 0.717) is 45.3 Å². The number of anilines is 3. The van der Waals surface area contributed by atoms with Gasteiger partial charge in [-0.3, -0.25) is 15.0 Å². The predicted molar refractivity (Wildman–Crippen MR) is 181 cm³/mol. The van der Waals surface area contributed by atoms with E-state index in [1.54, 1.807) is 42.1 Å². The van der Waals surface area contributed by atoms with Crippen LogP contribution in [0.2, 0.25) is 0 Å². The molecule has 0 aliphatic heterocycles. The molecule has 1 aliphatic carbocycles. The van der Waals surface area contributed by atoms with Crippen molar-refractivity contribution in [2.45, 2.75) is 16.7 Å². The molecule has 0 unspecified atom stereocenters. The van der Waals surface area contributed by atoms with E-state index in [4.69, 9.17) is 22.3 Å². The Morgan fingerprint density at radius 1 is 0.787 bits per heavy atom. The van der Waals surface area contributed by atoms with Crippen molar-refractivity contribution in [3.8, 4) is 0 Å². The van der Waals surface area contributed by atoms with Crippen LogP contribution in [0.15, 0.2) is 138 Å². The second-order valence-electron chi connectivity index (χ2n) is 10.0. The zero-order chi connectivity index (χ0) is 33.5. The van der Waals surface area contributed by atoms with Crippen molar-refractivity contribution in [1.82, 2.24) is 0 Å². The zero-order valence-electron chi connectivity index (χ0n) is 24.8. The first kappa shape index (κ1) is 32.0. The number of primary amides is 1. The van der Waals surface area contributed by atoms with Crippen LogP contribution in [0.25, 0.3) is 0 Å². The average Bonchev–Trinajstić information content (AvgIpc) is 3.06. The van der Waals surface area contributed by atoms with E-state index in [1.165, 1.54) is 18.2 Å². The largest absolute Gasteiger partial charge is 0.478 e. The van der Waals surface area contributed by atoms with Crippen LogP contribution in [0.1, 0.15) is 15.9 Å². The zero-order valence-corrected chi connectivity index (χ0v) is 25.6. The maximum atomic E-state index is 11.6. The number of amides is 1. The Labute approximate surface area is 272 Å². The summed E-state index contributed by atoms with van der Waals surface area (Å²) < 4.78 is 0. The van der Waals surface area contributed by atoms with Gasteiger partial charge in [0.2, 0.25) is 5.91 Å². The predicted octanol–water partition coefficient (Wildman–Crippen LogP) is 7.16. The summed E-state index contributed by atoms with van der Waals surface area (Å²) in [7, 11) is 0. The molecule has 0 spiro atoms. The van der Waals surface area contributed by atoms with Gasteiger partial charge >= 0.3 is 5.97 Å². The van der Waals surface area contributed by atoms with Gasteiger partial charge in [-0.1, -0.05) is 11.8 Å². The summed E-state index contributed by atoms with van der Waals surface area (Å²) in [6, 6.07) is 23.0. The van der Waals surface area contributed by atoms with Crippen LogP contribution >= 0.6 is 11.8 Å². The first-order valence-electron chi connectivity index (χ1n) is 13.9. The fourth-order valence-electron chi connectivity index (χ4n) is 4.11. The molecular weight excluding hydrogens is 618 g/mol. The Balaban J connectivity index is 1.22. The van der Waals surface area contributed by atoms with Crippen LogP contribution in [-0.4, -0.2) is 28.5 Å². The molecular formula is C33H27N9O4S. The molecule has 0 aromatic heterocycles. The number of ketones is 1. The number of carboxylic acid groups (broad SMARTS) is 1. The summed E-state index contributed by atoms with van der Waals surface area (Å²) in [6.07, 6.45) is 3.84. The van der Waals surface area contributed by atoms with Gasteiger partial charge in [-0.2, -0.15) is 15.3 Å². The third-order valence-corrected chi connectivity index (χ3v) is 7.70. The first-order chi connectivity index (χ1) is 22.6. The molecule has 5 rings (SSSR count). The Morgan fingerprint density at radius 2 is 1.38 bits per heavy atom.